The summed E-state index contributed by atoms with van der Waals surface area (Å²) in [5.74, 6) is -1.12. The SMILES string of the molecule is Cc1cccc(C(=O)[O-])c1.[Ag+]. The third-order valence-electron chi connectivity index (χ3n) is 1.25. The van der Waals surface area contributed by atoms with Gasteiger partial charge in [0.2, 0.25) is 0 Å². The number of aryl methyl sites for hydroxylation is 1. The van der Waals surface area contributed by atoms with Gasteiger partial charge in [-0.1, -0.05) is 29.8 Å². The Morgan fingerprint density at radius 2 is 2.09 bits per heavy atom. The van der Waals surface area contributed by atoms with E-state index < -0.39 is 5.97 Å². The number of carbonyl (C=O) groups excluding carboxylic acids is 1. The number of carbonyl (C=O) groups is 1. The first-order chi connectivity index (χ1) is 4.70. The Kier molecular flexibility index (Phi) is 4.11. The van der Waals surface area contributed by atoms with E-state index >= 15 is 0 Å². The van der Waals surface area contributed by atoms with Crippen molar-refractivity contribution in [1.29, 1.82) is 0 Å². The first-order valence-corrected chi connectivity index (χ1v) is 2.98. The molecule has 0 unspecified atom stereocenters. The van der Waals surface area contributed by atoms with Crippen molar-refractivity contribution in [3.05, 3.63) is 35.4 Å². The Morgan fingerprint density at radius 1 is 1.45 bits per heavy atom. The van der Waals surface area contributed by atoms with E-state index in [1.165, 1.54) is 6.07 Å². The Morgan fingerprint density at radius 3 is 2.45 bits per heavy atom. The molecule has 0 saturated heterocycles. The smallest absolute Gasteiger partial charge is 0.545 e. The molecule has 0 fully saturated rings. The van der Waals surface area contributed by atoms with Crippen LogP contribution in [0.1, 0.15) is 15.9 Å². The topological polar surface area (TPSA) is 40.1 Å². The number of hydrogen-bond donors (Lipinski definition) is 0. The minimum Gasteiger partial charge on any atom is -0.545 e. The molecular weight excluding hydrogens is 236 g/mol. The van der Waals surface area contributed by atoms with Gasteiger partial charge in [0.15, 0.2) is 0 Å². The Balaban J connectivity index is 0.000001000. The van der Waals surface area contributed by atoms with Gasteiger partial charge in [-0.3, -0.25) is 0 Å². The van der Waals surface area contributed by atoms with E-state index in [1.807, 2.05) is 13.0 Å². The molecule has 0 radical (unpaired) electrons. The normalized spacial score (nSPS) is 8.45. The number of hydrogen-bond acceptors (Lipinski definition) is 2. The Hall–Kier alpha value is -0.570. The van der Waals surface area contributed by atoms with Crippen LogP contribution in [0.3, 0.4) is 0 Å². The third-order valence-corrected chi connectivity index (χ3v) is 1.25. The summed E-state index contributed by atoms with van der Waals surface area (Å²) in [7, 11) is 0. The molecule has 0 bridgehead atoms. The van der Waals surface area contributed by atoms with Crippen molar-refractivity contribution >= 4 is 5.97 Å². The monoisotopic (exact) mass is 242 g/mol. The molecule has 62 valence electrons. The molecule has 0 N–H and O–H groups in total. The number of benzene rings is 1. The van der Waals surface area contributed by atoms with Gasteiger partial charge in [0.25, 0.3) is 0 Å². The molecular formula is C8H7AgO2. The van der Waals surface area contributed by atoms with Gasteiger partial charge in [0, 0.05) is 0 Å². The molecule has 0 aliphatic carbocycles. The van der Waals surface area contributed by atoms with Gasteiger partial charge in [-0.2, -0.15) is 0 Å². The fourth-order valence-corrected chi connectivity index (χ4v) is 0.772. The van der Waals surface area contributed by atoms with Crippen LogP contribution in [0.15, 0.2) is 24.3 Å². The molecule has 1 aromatic carbocycles. The molecule has 0 aliphatic heterocycles. The van der Waals surface area contributed by atoms with Crippen molar-refractivity contribution in [1.82, 2.24) is 0 Å². The van der Waals surface area contributed by atoms with E-state index in [1.54, 1.807) is 12.1 Å². The predicted molar refractivity (Wildman–Crippen MR) is 35.5 cm³/mol. The van der Waals surface area contributed by atoms with Crippen LogP contribution in [0.5, 0.6) is 0 Å². The van der Waals surface area contributed by atoms with E-state index in [9.17, 15) is 9.90 Å². The maximum Gasteiger partial charge on any atom is 1.00 e. The van der Waals surface area contributed by atoms with Crippen LogP contribution in [0.25, 0.3) is 0 Å². The van der Waals surface area contributed by atoms with E-state index in [2.05, 4.69) is 0 Å². The van der Waals surface area contributed by atoms with Crippen LogP contribution in [0, 0.1) is 6.92 Å². The summed E-state index contributed by atoms with van der Waals surface area (Å²) in [4.78, 5) is 10.2. The van der Waals surface area contributed by atoms with E-state index in [-0.39, 0.29) is 27.9 Å². The first-order valence-electron chi connectivity index (χ1n) is 2.98. The zero-order valence-electron chi connectivity index (χ0n) is 5.93. The van der Waals surface area contributed by atoms with Crippen LogP contribution in [-0.4, -0.2) is 5.97 Å². The zero-order chi connectivity index (χ0) is 7.56. The molecule has 3 heteroatoms. The maximum atomic E-state index is 10.2. The Labute approximate surface area is 80.8 Å². The van der Waals surface area contributed by atoms with Gasteiger partial charge < -0.3 is 9.90 Å². The van der Waals surface area contributed by atoms with Gasteiger partial charge >= 0.3 is 22.4 Å². The average Bonchev–Trinajstić information content (AvgIpc) is 1.88. The second-order valence-corrected chi connectivity index (χ2v) is 2.16. The summed E-state index contributed by atoms with van der Waals surface area (Å²) >= 11 is 0. The van der Waals surface area contributed by atoms with Crippen LogP contribution in [0.4, 0.5) is 0 Å². The molecule has 0 amide bonds. The van der Waals surface area contributed by atoms with Crippen molar-refractivity contribution in [2.45, 2.75) is 6.92 Å². The van der Waals surface area contributed by atoms with Crippen molar-refractivity contribution in [3.8, 4) is 0 Å². The van der Waals surface area contributed by atoms with E-state index in [0.29, 0.717) is 0 Å². The summed E-state index contributed by atoms with van der Waals surface area (Å²) in [6.07, 6.45) is 0. The predicted octanol–water partition coefficient (Wildman–Crippen LogP) is 0.356. The van der Waals surface area contributed by atoms with E-state index in [4.69, 9.17) is 0 Å². The first kappa shape index (κ1) is 10.4. The molecule has 0 aliphatic rings. The van der Waals surface area contributed by atoms with Gasteiger partial charge in [-0.25, -0.2) is 0 Å². The summed E-state index contributed by atoms with van der Waals surface area (Å²) in [5, 5.41) is 10.2. The molecule has 0 spiro atoms. The second kappa shape index (κ2) is 4.34. The van der Waals surface area contributed by atoms with Crippen LogP contribution < -0.4 is 5.11 Å². The third kappa shape index (κ3) is 2.89. The largest absolute Gasteiger partial charge is 1.00 e. The number of carboxylic acids is 1. The van der Waals surface area contributed by atoms with Crippen molar-refractivity contribution in [2.24, 2.45) is 0 Å². The molecule has 0 aromatic heterocycles. The molecule has 0 heterocycles. The summed E-state index contributed by atoms with van der Waals surface area (Å²) in [5.41, 5.74) is 1.17. The molecule has 0 saturated carbocycles. The summed E-state index contributed by atoms with van der Waals surface area (Å²) < 4.78 is 0. The molecule has 1 aromatic rings. The Bertz CT molecular complexity index is 258. The fraction of sp³-hybridized carbons (Fsp3) is 0.125. The van der Waals surface area contributed by atoms with Crippen molar-refractivity contribution in [2.75, 3.05) is 0 Å². The standard InChI is InChI=1S/C8H8O2.Ag/c1-6-3-2-4-7(5-6)8(9)10;/h2-5H,1H3,(H,9,10);/q;+1/p-1. The quantitative estimate of drug-likeness (QED) is 0.668. The van der Waals surface area contributed by atoms with Crippen molar-refractivity contribution in [3.63, 3.8) is 0 Å². The van der Waals surface area contributed by atoms with Crippen LogP contribution in [0.2, 0.25) is 0 Å². The molecule has 1 rings (SSSR count). The van der Waals surface area contributed by atoms with Gasteiger partial charge in [0.05, 0.1) is 5.97 Å². The second-order valence-electron chi connectivity index (χ2n) is 2.16. The average molecular weight is 243 g/mol. The number of rotatable bonds is 1. The molecule has 2 nitrogen and oxygen atoms in total. The van der Waals surface area contributed by atoms with Crippen molar-refractivity contribution < 1.29 is 32.3 Å². The number of carboxylic acid groups (broad SMARTS) is 1. The fourth-order valence-electron chi connectivity index (χ4n) is 0.772. The summed E-state index contributed by atoms with van der Waals surface area (Å²) in [6, 6.07) is 6.63. The van der Waals surface area contributed by atoms with E-state index in [0.717, 1.165) is 5.56 Å². The van der Waals surface area contributed by atoms with Gasteiger partial charge in [-0.15, -0.1) is 0 Å². The molecule has 0 atom stereocenters. The van der Waals surface area contributed by atoms with Crippen LogP contribution >= 0.6 is 0 Å². The maximum absolute atomic E-state index is 10.2. The zero-order valence-corrected chi connectivity index (χ0v) is 7.41. The van der Waals surface area contributed by atoms with Gasteiger partial charge in [-0.05, 0) is 12.5 Å². The van der Waals surface area contributed by atoms with Gasteiger partial charge in [0.1, 0.15) is 0 Å². The minimum absolute atomic E-state index is 0. The minimum atomic E-state index is -1.12. The van der Waals surface area contributed by atoms with Crippen LogP contribution in [-0.2, 0) is 22.4 Å². The number of aromatic carboxylic acids is 1. The summed E-state index contributed by atoms with van der Waals surface area (Å²) in [6.45, 7) is 1.84. The molecule has 11 heavy (non-hydrogen) atoms.